The summed E-state index contributed by atoms with van der Waals surface area (Å²) in [6.45, 7) is 3.87. The van der Waals surface area contributed by atoms with Crippen LogP contribution in [0.15, 0.2) is 12.1 Å². The van der Waals surface area contributed by atoms with E-state index in [-0.39, 0.29) is 35.1 Å². The highest BCUT2D eigenvalue weighted by Gasteiger charge is 2.59. The van der Waals surface area contributed by atoms with Crippen molar-refractivity contribution in [1.82, 2.24) is 5.32 Å². The first kappa shape index (κ1) is 24.0. The molecule has 0 aliphatic heterocycles. The van der Waals surface area contributed by atoms with E-state index >= 15 is 8.78 Å². The van der Waals surface area contributed by atoms with Gasteiger partial charge in [0.1, 0.15) is 17.3 Å². The van der Waals surface area contributed by atoms with Gasteiger partial charge >= 0.3 is 0 Å². The molecule has 4 rings (SSSR count). The van der Waals surface area contributed by atoms with Gasteiger partial charge in [-0.15, -0.1) is 0 Å². The largest absolute Gasteiger partial charge is 0.376 e. The van der Waals surface area contributed by atoms with Crippen LogP contribution in [0.25, 0.3) is 0 Å². The number of nitrogens with one attached hydrogen (secondary N) is 1. The quantitative estimate of drug-likeness (QED) is 0.372. The van der Waals surface area contributed by atoms with Gasteiger partial charge in [0.15, 0.2) is 0 Å². The third kappa shape index (κ3) is 4.45. The molecule has 3 aliphatic carbocycles. The molecule has 1 aromatic rings. The van der Waals surface area contributed by atoms with Crippen molar-refractivity contribution < 1.29 is 22.7 Å². The summed E-state index contributed by atoms with van der Waals surface area (Å²) in [6, 6.07) is 1.24. The number of hydrogen-bond acceptors (Lipinski definition) is 3. The van der Waals surface area contributed by atoms with Crippen molar-refractivity contribution >= 4 is 34.6 Å². The number of rotatable bonds is 6. The first-order chi connectivity index (χ1) is 15.0. The summed E-state index contributed by atoms with van der Waals surface area (Å²) in [4.78, 5) is 14.0. The lowest BCUT2D eigenvalue weighted by Crippen LogP contribution is -2.46. The zero-order chi connectivity index (χ0) is 23.3. The van der Waals surface area contributed by atoms with Gasteiger partial charge in [0.25, 0.3) is 0 Å². The number of thiocarbonyl (C=S) groups is 1. The molecule has 1 unspecified atom stereocenters. The van der Waals surface area contributed by atoms with Crippen molar-refractivity contribution in [2.75, 3.05) is 0 Å². The van der Waals surface area contributed by atoms with E-state index in [1.54, 1.807) is 0 Å². The van der Waals surface area contributed by atoms with Crippen LogP contribution in [0.2, 0.25) is 5.02 Å². The zero-order valence-corrected chi connectivity index (χ0v) is 19.9. The highest BCUT2D eigenvalue weighted by Crippen LogP contribution is 2.63. The molecule has 0 spiro atoms. The Morgan fingerprint density at radius 3 is 2.53 bits per heavy atom. The van der Waals surface area contributed by atoms with Crippen LogP contribution in [0.1, 0.15) is 76.8 Å². The lowest BCUT2D eigenvalue weighted by Gasteiger charge is -2.38. The molecule has 3 saturated carbocycles. The molecule has 3 nitrogen and oxygen atoms in total. The summed E-state index contributed by atoms with van der Waals surface area (Å²) in [7, 11) is 0. The minimum atomic E-state index is -1.34. The minimum absolute atomic E-state index is 0.0197. The maximum Gasteiger partial charge on any atom is 0.228 e. The number of hydrogen-bond donors (Lipinski definition) is 1. The standard InChI is InChI=1S/C24H29ClF3NO2S/c1-13(2)31-14-3-6-18(32)15(11-14)22(30)29-21(19-17(26)5-4-16(25)20(19)27)23-7-9-24(28,12-23)10-8-23/h4-5,13-15,21H,3,6-12H2,1-2H3,(H,29,30)/t14-,15-,21?,23?,24?/m1/s1. The average molecular weight is 488 g/mol. The van der Waals surface area contributed by atoms with Crippen LogP contribution in [-0.4, -0.2) is 28.6 Å². The Balaban J connectivity index is 1.65. The molecule has 0 saturated heterocycles. The van der Waals surface area contributed by atoms with E-state index < -0.39 is 34.7 Å². The topological polar surface area (TPSA) is 38.3 Å². The first-order valence-electron chi connectivity index (χ1n) is 11.3. The smallest absolute Gasteiger partial charge is 0.228 e. The van der Waals surface area contributed by atoms with Gasteiger partial charge in [-0.25, -0.2) is 13.2 Å². The molecule has 0 radical (unpaired) electrons. The summed E-state index contributed by atoms with van der Waals surface area (Å²) in [5.41, 5.74) is -2.38. The Morgan fingerprint density at radius 1 is 1.25 bits per heavy atom. The van der Waals surface area contributed by atoms with E-state index in [0.717, 1.165) is 18.6 Å². The molecule has 1 aromatic carbocycles. The highest BCUT2D eigenvalue weighted by molar-refractivity contribution is 7.80. The monoisotopic (exact) mass is 487 g/mol. The van der Waals surface area contributed by atoms with Crippen molar-refractivity contribution in [3.63, 3.8) is 0 Å². The second kappa shape index (κ2) is 8.88. The van der Waals surface area contributed by atoms with E-state index in [2.05, 4.69) is 5.32 Å². The predicted molar refractivity (Wildman–Crippen MR) is 122 cm³/mol. The summed E-state index contributed by atoms with van der Waals surface area (Å²) >= 11 is 11.5. The summed E-state index contributed by atoms with van der Waals surface area (Å²) in [5.74, 6) is -2.66. The molecule has 2 bridgehead atoms. The Kier molecular flexibility index (Phi) is 6.65. The maximum atomic E-state index is 15.1. The average Bonchev–Trinajstić information content (AvgIpc) is 3.26. The Morgan fingerprint density at radius 2 is 1.94 bits per heavy atom. The van der Waals surface area contributed by atoms with Gasteiger partial charge < -0.3 is 10.1 Å². The molecule has 32 heavy (non-hydrogen) atoms. The lowest BCUT2D eigenvalue weighted by atomic mass is 9.73. The third-order valence-electron chi connectivity index (χ3n) is 7.46. The van der Waals surface area contributed by atoms with Gasteiger partial charge in [-0.3, -0.25) is 4.79 Å². The van der Waals surface area contributed by atoms with Gasteiger partial charge in [0.2, 0.25) is 5.91 Å². The predicted octanol–water partition coefficient (Wildman–Crippen LogP) is 6.41. The van der Waals surface area contributed by atoms with Crippen LogP contribution in [0.3, 0.4) is 0 Å². The summed E-state index contributed by atoms with van der Waals surface area (Å²) in [5, 5.41) is 2.68. The van der Waals surface area contributed by atoms with Crippen LogP contribution < -0.4 is 5.32 Å². The van der Waals surface area contributed by atoms with Crippen molar-refractivity contribution in [2.24, 2.45) is 11.3 Å². The van der Waals surface area contributed by atoms with E-state index in [1.807, 2.05) is 13.8 Å². The molecule has 3 aliphatic rings. The van der Waals surface area contributed by atoms with E-state index in [1.165, 1.54) is 0 Å². The highest BCUT2D eigenvalue weighted by atomic mass is 35.5. The second-order valence-electron chi connectivity index (χ2n) is 9.99. The molecule has 0 aromatic heterocycles. The van der Waals surface area contributed by atoms with Gasteiger partial charge in [0, 0.05) is 10.4 Å². The molecule has 8 heteroatoms. The number of carbonyl (C=O) groups is 1. The summed E-state index contributed by atoms with van der Waals surface area (Å²) in [6.07, 6.45) is 3.40. The molecule has 0 heterocycles. The van der Waals surface area contributed by atoms with Gasteiger partial charge in [-0.2, -0.15) is 0 Å². The molecular weight excluding hydrogens is 459 g/mol. The van der Waals surface area contributed by atoms with Crippen LogP contribution in [0.5, 0.6) is 0 Å². The fraction of sp³-hybridized carbons (Fsp3) is 0.667. The number of ether oxygens (including phenoxy) is 1. The second-order valence-corrected chi connectivity index (χ2v) is 10.9. The number of halogens is 4. The van der Waals surface area contributed by atoms with E-state index in [4.69, 9.17) is 28.6 Å². The zero-order valence-electron chi connectivity index (χ0n) is 18.4. The third-order valence-corrected chi connectivity index (χ3v) is 8.24. The Bertz CT molecular complexity index is 917. The van der Waals surface area contributed by atoms with Crippen molar-refractivity contribution in [3.8, 4) is 0 Å². The molecular formula is C24H29ClF3NO2S. The number of fused-ring (bicyclic) bond motifs is 2. The number of amides is 1. The van der Waals surface area contributed by atoms with Gasteiger partial charge in [-0.05, 0) is 82.8 Å². The van der Waals surface area contributed by atoms with Crippen molar-refractivity contribution in [1.29, 1.82) is 0 Å². The van der Waals surface area contributed by atoms with Crippen molar-refractivity contribution in [2.45, 2.75) is 89.1 Å². The van der Waals surface area contributed by atoms with E-state index in [9.17, 15) is 9.18 Å². The van der Waals surface area contributed by atoms with Crippen LogP contribution in [0.4, 0.5) is 13.2 Å². The van der Waals surface area contributed by atoms with Crippen LogP contribution >= 0.6 is 23.8 Å². The van der Waals surface area contributed by atoms with Crippen LogP contribution in [-0.2, 0) is 9.53 Å². The minimum Gasteiger partial charge on any atom is -0.376 e. The normalized spacial score (nSPS) is 33.0. The number of benzene rings is 1. The number of carbonyl (C=O) groups excluding carboxylic acids is 1. The SMILES string of the molecule is CC(C)O[C@@H]1CCC(=S)[C@H](C(=O)NC(c2c(F)ccc(Cl)c2F)C23CCC(F)(CC2)C3)C1. The van der Waals surface area contributed by atoms with Crippen molar-refractivity contribution in [3.05, 3.63) is 34.4 Å². The van der Waals surface area contributed by atoms with Gasteiger partial charge in [-0.1, -0.05) is 23.8 Å². The maximum absolute atomic E-state index is 15.1. The van der Waals surface area contributed by atoms with Crippen LogP contribution in [0, 0.1) is 23.0 Å². The molecule has 3 atom stereocenters. The Labute approximate surface area is 197 Å². The Hall–Kier alpha value is -1.18. The van der Waals surface area contributed by atoms with E-state index in [0.29, 0.717) is 43.4 Å². The van der Waals surface area contributed by atoms with Gasteiger partial charge in [0.05, 0.1) is 29.2 Å². The molecule has 176 valence electrons. The molecule has 3 fully saturated rings. The fourth-order valence-corrected chi connectivity index (χ4v) is 6.39. The lowest BCUT2D eigenvalue weighted by molar-refractivity contribution is -0.126. The number of alkyl halides is 1. The summed E-state index contributed by atoms with van der Waals surface area (Å²) < 4.78 is 51.0. The molecule has 1 amide bonds. The first-order valence-corrected chi connectivity index (χ1v) is 12.1. The fourth-order valence-electron chi connectivity index (χ4n) is 5.90. The molecule has 1 N–H and O–H groups in total.